The molecule has 16 heavy (non-hydrogen) atoms. The van der Waals surface area contributed by atoms with Crippen LogP contribution in [0.15, 0.2) is 18.2 Å². The number of halogens is 1. The van der Waals surface area contributed by atoms with Crippen molar-refractivity contribution in [2.45, 2.75) is 6.92 Å². The average molecular weight is 228 g/mol. The molecule has 0 heterocycles. The van der Waals surface area contributed by atoms with Crippen LogP contribution in [0.2, 0.25) is 0 Å². The zero-order valence-corrected chi connectivity index (χ0v) is 8.40. The Kier molecular flexibility index (Phi) is 3.76. The highest BCUT2D eigenvalue weighted by Gasteiger charge is 2.11. The number of non-ortho nitro benzene ring substituents is 1. The molecule has 0 aliphatic carbocycles. The molecule has 1 aromatic rings. The van der Waals surface area contributed by atoms with Crippen LogP contribution in [0.25, 0.3) is 0 Å². The van der Waals surface area contributed by atoms with Gasteiger partial charge in [0.1, 0.15) is 5.82 Å². The van der Waals surface area contributed by atoms with Gasteiger partial charge >= 0.3 is 6.09 Å². The van der Waals surface area contributed by atoms with Crippen LogP contribution in [0, 0.1) is 15.9 Å². The predicted octanol–water partition coefficient (Wildman–Crippen LogP) is 2.30. The summed E-state index contributed by atoms with van der Waals surface area (Å²) in [7, 11) is 0. The number of nitro groups is 1. The number of benzene rings is 1. The first-order valence-corrected chi connectivity index (χ1v) is 4.41. The van der Waals surface area contributed by atoms with Crippen molar-refractivity contribution in [1.82, 2.24) is 0 Å². The maximum Gasteiger partial charge on any atom is 0.411 e. The minimum Gasteiger partial charge on any atom is -0.450 e. The summed E-state index contributed by atoms with van der Waals surface area (Å²) in [6.45, 7) is 1.76. The van der Waals surface area contributed by atoms with Gasteiger partial charge in [-0.25, -0.2) is 9.18 Å². The van der Waals surface area contributed by atoms with Gasteiger partial charge in [-0.3, -0.25) is 15.4 Å². The molecule has 0 saturated carbocycles. The van der Waals surface area contributed by atoms with Gasteiger partial charge in [-0.2, -0.15) is 0 Å². The molecule has 7 heteroatoms. The van der Waals surface area contributed by atoms with E-state index in [2.05, 4.69) is 10.1 Å². The topological polar surface area (TPSA) is 81.5 Å². The molecule has 1 N–H and O–H groups in total. The Morgan fingerprint density at radius 2 is 2.25 bits per heavy atom. The number of hydrogen-bond acceptors (Lipinski definition) is 4. The fourth-order valence-electron chi connectivity index (χ4n) is 1.04. The molecule has 0 saturated heterocycles. The molecule has 0 spiro atoms. The highest BCUT2D eigenvalue weighted by atomic mass is 19.1. The van der Waals surface area contributed by atoms with E-state index in [9.17, 15) is 19.3 Å². The lowest BCUT2D eigenvalue weighted by Crippen LogP contribution is -2.13. The standard InChI is InChI=1S/C9H9FN2O4/c1-2-16-9(13)11-7-3-6(10)4-8(5-7)12(14)15/h3-5H,2H2,1H3,(H,11,13). The van der Waals surface area contributed by atoms with E-state index in [4.69, 9.17) is 0 Å². The van der Waals surface area contributed by atoms with Gasteiger partial charge in [-0.1, -0.05) is 0 Å². The van der Waals surface area contributed by atoms with Crippen LogP contribution in [0.4, 0.5) is 20.6 Å². The third-order valence-electron chi connectivity index (χ3n) is 1.62. The number of amides is 1. The molecule has 0 atom stereocenters. The molecule has 86 valence electrons. The van der Waals surface area contributed by atoms with E-state index in [1.54, 1.807) is 6.92 Å². The minimum absolute atomic E-state index is 0.0230. The molecule has 0 aliphatic rings. The van der Waals surface area contributed by atoms with Crippen LogP contribution < -0.4 is 5.32 Å². The van der Waals surface area contributed by atoms with Crippen molar-refractivity contribution in [2.24, 2.45) is 0 Å². The van der Waals surface area contributed by atoms with Crippen molar-refractivity contribution in [3.63, 3.8) is 0 Å². The molecule has 0 radical (unpaired) electrons. The maximum absolute atomic E-state index is 12.9. The molecular formula is C9H9FN2O4. The molecule has 0 aromatic heterocycles. The SMILES string of the molecule is CCOC(=O)Nc1cc(F)cc([N+](=O)[O-])c1. The lowest BCUT2D eigenvalue weighted by molar-refractivity contribution is -0.385. The van der Waals surface area contributed by atoms with Gasteiger partial charge in [0.05, 0.1) is 23.3 Å². The van der Waals surface area contributed by atoms with E-state index in [1.807, 2.05) is 0 Å². The number of ether oxygens (including phenoxy) is 1. The maximum atomic E-state index is 12.9. The summed E-state index contributed by atoms with van der Waals surface area (Å²) in [6, 6.07) is 2.76. The molecule has 0 aliphatic heterocycles. The largest absolute Gasteiger partial charge is 0.450 e. The van der Waals surface area contributed by atoms with E-state index >= 15 is 0 Å². The van der Waals surface area contributed by atoms with Crippen LogP contribution in [0.5, 0.6) is 0 Å². The van der Waals surface area contributed by atoms with Gasteiger partial charge in [0.2, 0.25) is 0 Å². The highest BCUT2D eigenvalue weighted by molar-refractivity contribution is 5.85. The molecule has 1 aromatic carbocycles. The monoisotopic (exact) mass is 228 g/mol. The first-order valence-electron chi connectivity index (χ1n) is 4.41. The third kappa shape index (κ3) is 3.19. The van der Waals surface area contributed by atoms with Crippen LogP contribution in [-0.2, 0) is 4.74 Å². The summed E-state index contributed by atoms with van der Waals surface area (Å²) in [5.41, 5.74) is -0.461. The fourth-order valence-corrected chi connectivity index (χ4v) is 1.04. The molecule has 1 amide bonds. The van der Waals surface area contributed by atoms with E-state index in [0.29, 0.717) is 0 Å². The summed E-state index contributed by atoms with van der Waals surface area (Å²) in [5.74, 6) is -0.805. The minimum atomic E-state index is -0.805. The Balaban J connectivity index is 2.88. The number of nitrogens with one attached hydrogen (secondary N) is 1. The molecular weight excluding hydrogens is 219 g/mol. The third-order valence-corrected chi connectivity index (χ3v) is 1.62. The van der Waals surface area contributed by atoms with Crippen LogP contribution in [0.1, 0.15) is 6.92 Å². The lowest BCUT2D eigenvalue weighted by atomic mass is 10.3. The van der Waals surface area contributed by atoms with Gasteiger partial charge in [0.25, 0.3) is 5.69 Å². The van der Waals surface area contributed by atoms with Gasteiger partial charge in [0.15, 0.2) is 0 Å². The van der Waals surface area contributed by atoms with Crippen molar-refractivity contribution < 1.29 is 18.8 Å². The van der Waals surface area contributed by atoms with Crippen molar-refractivity contribution in [1.29, 1.82) is 0 Å². The predicted molar refractivity (Wildman–Crippen MR) is 53.7 cm³/mol. The van der Waals surface area contributed by atoms with Crippen molar-refractivity contribution in [2.75, 3.05) is 11.9 Å². The summed E-state index contributed by atoms with van der Waals surface area (Å²) < 4.78 is 17.5. The van der Waals surface area contributed by atoms with E-state index < -0.39 is 22.5 Å². The Morgan fingerprint density at radius 3 is 2.81 bits per heavy atom. The molecule has 6 nitrogen and oxygen atoms in total. The second-order valence-electron chi connectivity index (χ2n) is 2.80. The quantitative estimate of drug-likeness (QED) is 0.635. The summed E-state index contributed by atoms with van der Waals surface area (Å²) in [4.78, 5) is 20.6. The summed E-state index contributed by atoms with van der Waals surface area (Å²) in [6.07, 6.45) is -0.789. The zero-order chi connectivity index (χ0) is 12.1. The van der Waals surface area contributed by atoms with Crippen molar-refractivity contribution in [3.05, 3.63) is 34.1 Å². The van der Waals surface area contributed by atoms with E-state index in [0.717, 1.165) is 18.2 Å². The average Bonchev–Trinajstić information content (AvgIpc) is 2.16. The Labute approximate surface area is 90.2 Å². The van der Waals surface area contributed by atoms with Crippen LogP contribution in [0.3, 0.4) is 0 Å². The number of hydrogen-bond donors (Lipinski definition) is 1. The molecule has 0 fully saturated rings. The fraction of sp³-hybridized carbons (Fsp3) is 0.222. The molecule has 1 rings (SSSR count). The number of carbonyl (C=O) groups excluding carboxylic acids is 1. The van der Waals surface area contributed by atoms with E-state index in [1.165, 1.54) is 0 Å². The normalized spacial score (nSPS) is 9.62. The first-order chi connectivity index (χ1) is 7.52. The number of rotatable bonds is 3. The van der Waals surface area contributed by atoms with Crippen molar-refractivity contribution in [3.8, 4) is 0 Å². The number of nitrogens with zero attached hydrogens (tertiary/aromatic N) is 1. The Morgan fingerprint density at radius 1 is 1.56 bits per heavy atom. The number of nitro benzene ring substituents is 1. The van der Waals surface area contributed by atoms with E-state index in [-0.39, 0.29) is 12.3 Å². The molecule has 0 bridgehead atoms. The van der Waals surface area contributed by atoms with Crippen LogP contribution >= 0.6 is 0 Å². The smallest absolute Gasteiger partial charge is 0.411 e. The summed E-state index contributed by atoms with van der Waals surface area (Å²) >= 11 is 0. The van der Waals surface area contributed by atoms with Gasteiger partial charge < -0.3 is 4.74 Å². The van der Waals surface area contributed by atoms with Gasteiger partial charge in [-0.05, 0) is 13.0 Å². The Hall–Kier alpha value is -2.18. The van der Waals surface area contributed by atoms with Gasteiger partial charge in [-0.15, -0.1) is 0 Å². The first kappa shape index (κ1) is 11.9. The second-order valence-corrected chi connectivity index (χ2v) is 2.80. The molecule has 0 unspecified atom stereocenters. The van der Waals surface area contributed by atoms with Crippen LogP contribution in [-0.4, -0.2) is 17.6 Å². The zero-order valence-electron chi connectivity index (χ0n) is 8.40. The summed E-state index contributed by atoms with van der Waals surface area (Å²) in [5, 5.41) is 12.6. The Bertz CT molecular complexity index is 422. The van der Waals surface area contributed by atoms with Crippen molar-refractivity contribution >= 4 is 17.5 Å². The highest BCUT2D eigenvalue weighted by Crippen LogP contribution is 2.19. The lowest BCUT2D eigenvalue weighted by Gasteiger charge is -2.04. The number of anilines is 1. The van der Waals surface area contributed by atoms with Gasteiger partial charge in [0, 0.05) is 6.07 Å². The second kappa shape index (κ2) is 5.06. The number of carbonyl (C=O) groups is 1.